The minimum atomic E-state index is -0.981. The minimum Gasteiger partial charge on any atom is -0.490 e. The third-order valence-corrected chi connectivity index (χ3v) is 5.56. The fraction of sp³-hybridized carbons (Fsp3) is 0.115. The Hall–Kier alpha value is -3.91. The Labute approximate surface area is 204 Å². The molecule has 4 rings (SSSR count). The summed E-state index contributed by atoms with van der Waals surface area (Å²) in [6.07, 6.45) is 1.70. The van der Waals surface area contributed by atoms with E-state index in [-0.39, 0.29) is 12.2 Å². The summed E-state index contributed by atoms with van der Waals surface area (Å²) in [6, 6.07) is 19.4. The zero-order valence-corrected chi connectivity index (χ0v) is 19.7. The average Bonchev–Trinajstić information content (AvgIpc) is 3.19. The summed E-state index contributed by atoms with van der Waals surface area (Å²) in [6.45, 7) is 2.49. The summed E-state index contributed by atoms with van der Waals surface area (Å²) in [5, 5.41) is 13.0. The molecule has 0 amide bonds. The van der Waals surface area contributed by atoms with Gasteiger partial charge in [0.15, 0.2) is 11.5 Å². The van der Waals surface area contributed by atoms with Gasteiger partial charge in [-0.05, 0) is 64.3 Å². The molecule has 0 fully saturated rings. The Morgan fingerprint density at radius 3 is 2.50 bits per heavy atom. The molecule has 3 aromatic carbocycles. The number of aromatic carboxylic acids is 1. The maximum Gasteiger partial charge on any atom is 0.368 e. The van der Waals surface area contributed by atoms with Crippen molar-refractivity contribution in [1.82, 2.24) is 0 Å². The Balaban J connectivity index is 1.61. The molecule has 0 radical (unpaired) electrons. The van der Waals surface area contributed by atoms with Crippen molar-refractivity contribution in [2.45, 2.75) is 13.5 Å². The number of rotatable bonds is 8. The van der Waals surface area contributed by atoms with E-state index < -0.39 is 11.9 Å². The molecular formula is C26H20BrNO6. The number of oxime groups is 1. The van der Waals surface area contributed by atoms with Crippen LogP contribution in [0.2, 0.25) is 0 Å². The lowest BCUT2D eigenvalue weighted by Gasteiger charge is -2.15. The van der Waals surface area contributed by atoms with Crippen molar-refractivity contribution in [3.63, 3.8) is 0 Å². The van der Waals surface area contributed by atoms with Crippen molar-refractivity contribution in [3.8, 4) is 11.5 Å². The minimum absolute atomic E-state index is 0.209. The van der Waals surface area contributed by atoms with E-state index in [9.17, 15) is 9.59 Å². The van der Waals surface area contributed by atoms with E-state index in [0.29, 0.717) is 39.4 Å². The molecule has 7 nitrogen and oxygen atoms in total. The van der Waals surface area contributed by atoms with Crippen molar-refractivity contribution >= 4 is 39.7 Å². The molecule has 34 heavy (non-hydrogen) atoms. The SMILES string of the molecule is CCOc1cc(/C=C2\C(=O)ON=C2c2ccccc2)cc(Br)c1OCc1ccc(C(=O)O)cc1. The first-order valence-electron chi connectivity index (χ1n) is 10.4. The first kappa shape index (κ1) is 23.3. The summed E-state index contributed by atoms with van der Waals surface area (Å²) in [5.74, 6) is -0.518. The van der Waals surface area contributed by atoms with Crippen LogP contribution in [0.1, 0.15) is 34.0 Å². The number of ether oxygens (including phenoxy) is 2. The maximum absolute atomic E-state index is 12.3. The Morgan fingerprint density at radius 1 is 1.09 bits per heavy atom. The van der Waals surface area contributed by atoms with Crippen LogP contribution in [0.15, 0.2) is 81.9 Å². The lowest BCUT2D eigenvalue weighted by atomic mass is 10.0. The van der Waals surface area contributed by atoms with Crippen LogP contribution >= 0.6 is 15.9 Å². The zero-order valence-electron chi connectivity index (χ0n) is 18.2. The van der Waals surface area contributed by atoms with Gasteiger partial charge in [-0.25, -0.2) is 9.59 Å². The van der Waals surface area contributed by atoms with Crippen molar-refractivity contribution in [2.75, 3.05) is 6.61 Å². The molecule has 8 heteroatoms. The second-order valence-corrected chi connectivity index (χ2v) is 8.15. The summed E-state index contributed by atoms with van der Waals surface area (Å²) >= 11 is 3.54. The highest BCUT2D eigenvalue weighted by Gasteiger charge is 2.27. The van der Waals surface area contributed by atoms with Gasteiger partial charge in [0.25, 0.3) is 0 Å². The van der Waals surface area contributed by atoms with Crippen LogP contribution in [0, 0.1) is 0 Å². The molecule has 1 heterocycles. The number of nitrogens with zero attached hydrogens (tertiary/aromatic N) is 1. The van der Waals surface area contributed by atoms with Crippen LogP contribution in [0.5, 0.6) is 11.5 Å². The number of carbonyl (C=O) groups is 2. The van der Waals surface area contributed by atoms with Gasteiger partial charge in [0.2, 0.25) is 0 Å². The Bertz CT molecular complexity index is 1280. The van der Waals surface area contributed by atoms with Gasteiger partial charge in [0.05, 0.1) is 22.2 Å². The quantitative estimate of drug-likeness (QED) is 0.312. The number of carboxylic acid groups (broad SMARTS) is 1. The molecule has 172 valence electrons. The van der Waals surface area contributed by atoms with Gasteiger partial charge < -0.3 is 19.4 Å². The monoisotopic (exact) mass is 521 g/mol. The van der Waals surface area contributed by atoms with Gasteiger partial charge in [0, 0.05) is 5.56 Å². The van der Waals surface area contributed by atoms with Crippen molar-refractivity contribution in [2.24, 2.45) is 5.16 Å². The van der Waals surface area contributed by atoms with Crippen molar-refractivity contribution in [1.29, 1.82) is 0 Å². The van der Waals surface area contributed by atoms with E-state index in [4.69, 9.17) is 19.4 Å². The second kappa shape index (κ2) is 10.4. The molecule has 0 saturated carbocycles. The molecule has 1 aliphatic heterocycles. The third-order valence-electron chi connectivity index (χ3n) is 4.97. The second-order valence-electron chi connectivity index (χ2n) is 7.30. The number of benzene rings is 3. The van der Waals surface area contributed by atoms with Crippen LogP contribution in [0.25, 0.3) is 6.08 Å². The molecule has 3 aromatic rings. The Morgan fingerprint density at radius 2 is 1.82 bits per heavy atom. The lowest BCUT2D eigenvalue weighted by Crippen LogP contribution is -2.07. The fourth-order valence-corrected chi connectivity index (χ4v) is 3.93. The number of halogens is 1. The molecule has 0 unspecified atom stereocenters. The highest BCUT2D eigenvalue weighted by molar-refractivity contribution is 9.10. The van der Waals surface area contributed by atoms with Crippen molar-refractivity contribution in [3.05, 3.63) is 99.0 Å². The van der Waals surface area contributed by atoms with Gasteiger partial charge in [-0.2, -0.15) is 0 Å². The van der Waals surface area contributed by atoms with Crippen LogP contribution in [-0.2, 0) is 16.2 Å². The predicted octanol–water partition coefficient (Wildman–Crippen LogP) is 5.47. The number of carboxylic acids is 1. The zero-order chi connectivity index (χ0) is 24.1. The molecule has 0 saturated heterocycles. The summed E-state index contributed by atoms with van der Waals surface area (Å²) in [5.41, 5.74) is 3.30. The highest BCUT2D eigenvalue weighted by atomic mass is 79.9. The largest absolute Gasteiger partial charge is 0.490 e. The van der Waals surface area contributed by atoms with Crippen LogP contribution in [-0.4, -0.2) is 29.4 Å². The first-order valence-corrected chi connectivity index (χ1v) is 11.2. The standard InChI is InChI=1S/C26H20BrNO6/c1-2-32-22-14-17(12-20-23(28-34-26(20)31)18-6-4-3-5-7-18)13-21(27)24(22)33-15-16-8-10-19(11-9-16)25(29)30/h3-14H,2,15H2,1H3,(H,29,30)/b20-12-. The van der Waals surface area contributed by atoms with E-state index in [2.05, 4.69) is 21.1 Å². The van der Waals surface area contributed by atoms with E-state index in [0.717, 1.165) is 11.1 Å². The van der Waals surface area contributed by atoms with Gasteiger partial charge in [-0.15, -0.1) is 0 Å². The first-order chi connectivity index (χ1) is 16.5. The lowest BCUT2D eigenvalue weighted by molar-refractivity contribution is -0.136. The smallest absolute Gasteiger partial charge is 0.368 e. The predicted molar refractivity (Wildman–Crippen MR) is 130 cm³/mol. The fourth-order valence-electron chi connectivity index (χ4n) is 3.35. The summed E-state index contributed by atoms with van der Waals surface area (Å²) < 4.78 is 12.4. The molecule has 0 atom stereocenters. The number of hydrogen-bond donors (Lipinski definition) is 1. The van der Waals surface area contributed by atoms with Gasteiger partial charge in [0.1, 0.15) is 12.3 Å². The van der Waals surface area contributed by atoms with E-state index in [1.165, 1.54) is 12.1 Å². The Kier molecular flexibility index (Phi) is 7.08. The summed E-state index contributed by atoms with van der Waals surface area (Å²) in [4.78, 5) is 28.3. The molecular weight excluding hydrogens is 502 g/mol. The average molecular weight is 522 g/mol. The van der Waals surface area contributed by atoms with E-state index in [1.807, 2.05) is 43.3 Å². The molecule has 0 aliphatic carbocycles. The topological polar surface area (TPSA) is 94.4 Å². The van der Waals surface area contributed by atoms with E-state index in [1.54, 1.807) is 24.3 Å². The molecule has 0 aromatic heterocycles. The maximum atomic E-state index is 12.3. The molecule has 0 bridgehead atoms. The van der Waals surface area contributed by atoms with Crippen LogP contribution in [0.4, 0.5) is 0 Å². The number of carbonyl (C=O) groups excluding carboxylic acids is 1. The summed E-state index contributed by atoms with van der Waals surface area (Å²) in [7, 11) is 0. The molecule has 1 aliphatic rings. The molecule has 0 spiro atoms. The van der Waals surface area contributed by atoms with Crippen LogP contribution < -0.4 is 9.47 Å². The molecule has 1 N–H and O–H groups in total. The number of hydrogen-bond acceptors (Lipinski definition) is 6. The van der Waals surface area contributed by atoms with E-state index >= 15 is 0 Å². The van der Waals surface area contributed by atoms with Gasteiger partial charge in [-0.1, -0.05) is 47.6 Å². The van der Waals surface area contributed by atoms with Crippen LogP contribution in [0.3, 0.4) is 0 Å². The highest BCUT2D eigenvalue weighted by Crippen LogP contribution is 2.38. The van der Waals surface area contributed by atoms with Gasteiger partial charge >= 0.3 is 11.9 Å². The normalized spacial score (nSPS) is 14.0. The van der Waals surface area contributed by atoms with Gasteiger partial charge in [-0.3, -0.25) is 0 Å². The third kappa shape index (κ3) is 5.18. The van der Waals surface area contributed by atoms with Crippen molar-refractivity contribution < 1.29 is 29.0 Å².